The molecule has 1 aromatic carbocycles. The van der Waals surface area contributed by atoms with Crippen LogP contribution in [0, 0.1) is 0 Å². The van der Waals surface area contributed by atoms with Crippen LogP contribution in [0.25, 0.3) is 0 Å². The summed E-state index contributed by atoms with van der Waals surface area (Å²) in [6.45, 7) is 0.835. The van der Waals surface area contributed by atoms with E-state index in [1.54, 1.807) is 0 Å². The van der Waals surface area contributed by atoms with Gasteiger partial charge in [-0.25, -0.2) is 0 Å². The maximum atomic E-state index is 9.91. The highest BCUT2D eigenvalue weighted by Gasteiger charge is 2.18. The van der Waals surface area contributed by atoms with E-state index in [0.717, 1.165) is 43.4 Å². The van der Waals surface area contributed by atoms with E-state index in [1.165, 1.54) is 5.56 Å². The predicted molar refractivity (Wildman–Crippen MR) is 66.2 cm³/mol. The number of hydrogen-bond acceptors (Lipinski definition) is 3. The van der Waals surface area contributed by atoms with Crippen molar-refractivity contribution in [2.75, 3.05) is 13.2 Å². The Labute approximate surface area is 102 Å². The lowest BCUT2D eigenvalue weighted by Crippen LogP contribution is -2.09. The summed E-state index contributed by atoms with van der Waals surface area (Å²) < 4.78 is 5.60. The summed E-state index contributed by atoms with van der Waals surface area (Å²) in [4.78, 5) is 0. The Kier molecular flexibility index (Phi) is 4.40. The lowest BCUT2D eigenvalue weighted by molar-refractivity contribution is 0.156. The molecule has 3 nitrogen and oxygen atoms in total. The van der Waals surface area contributed by atoms with Crippen molar-refractivity contribution in [2.24, 2.45) is 0 Å². The largest absolute Gasteiger partial charge is 0.494 e. The highest BCUT2D eigenvalue weighted by molar-refractivity contribution is 5.38. The van der Waals surface area contributed by atoms with Gasteiger partial charge in [-0.15, -0.1) is 0 Å². The molecule has 17 heavy (non-hydrogen) atoms. The third-order valence-corrected chi connectivity index (χ3v) is 3.22. The summed E-state index contributed by atoms with van der Waals surface area (Å²) in [5, 5.41) is 18.6. The maximum Gasteiger partial charge on any atom is 0.119 e. The van der Waals surface area contributed by atoms with Crippen LogP contribution in [-0.2, 0) is 6.42 Å². The third-order valence-electron chi connectivity index (χ3n) is 3.22. The molecule has 0 radical (unpaired) electrons. The van der Waals surface area contributed by atoms with Crippen molar-refractivity contribution in [2.45, 2.75) is 38.2 Å². The van der Waals surface area contributed by atoms with Gasteiger partial charge in [0.05, 0.1) is 12.7 Å². The number of aliphatic hydroxyl groups excluding tert-OH is 2. The molecule has 0 saturated heterocycles. The Bertz CT molecular complexity index is 362. The van der Waals surface area contributed by atoms with Gasteiger partial charge < -0.3 is 14.9 Å². The van der Waals surface area contributed by atoms with Crippen LogP contribution in [0.2, 0.25) is 0 Å². The van der Waals surface area contributed by atoms with Crippen molar-refractivity contribution in [1.29, 1.82) is 0 Å². The molecule has 0 aromatic heterocycles. The van der Waals surface area contributed by atoms with E-state index in [2.05, 4.69) is 6.07 Å². The van der Waals surface area contributed by atoms with Crippen molar-refractivity contribution < 1.29 is 14.9 Å². The summed E-state index contributed by atoms with van der Waals surface area (Å²) in [6.07, 6.45) is 4.26. The first-order valence-corrected chi connectivity index (χ1v) is 6.36. The molecule has 2 rings (SSSR count). The number of ether oxygens (including phenoxy) is 1. The fourth-order valence-corrected chi connectivity index (χ4v) is 2.25. The van der Waals surface area contributed by atoms with Crippen LogP contribution >= 0.6 is 0 Å². The summed E-state index contributed by atoms with van der Waals surface area (Å²) >= 11 is 0. The molecule has 0 bridgehead atoms. The predicted octanol–water partition coefficient (Wildman–Crippen LogP) is 2.21. The molecule has 94 valence electrons. The molecule has 1 aliphatic rings. The minimum absolute atomic E-state index is 0.215. The molecule has 0 unspecified atom stereocenters. The molecule has 0 fully saturated rings. The van der Waals surface area contributed by atoms with Crippen LogP contribution < -0.4 is 4.74 Å². The molecular formula is C14H20O3. The van der Waals surface area contributed by atoms with Crippen molar-refractivity contribution >= 4 is 0 Å². The zero-order valence-corrected chi connectivity index (χ0v) is 10.1. The van der Waals surface area contributed by atoms with Gasteiger partial charge in [-0.05, 0) is 55.4 Å². The molecule has 0 amide bonds. The van der Waals surface area contributed by atoms with Gasteiger partial charge >= 0.3 is 0 Å². The van der Waals surface area contributed by atoms with E-state index >= 15 is 0 Å². The van der Waals surface area contributed by atoms with E-state index in [4.69, 9.17) is 9.84 Å². The third kappa shape index (κ3) is 3.20. The van der Waals surface area contributed by atoms with Crippen LogP contribution in [0.15, 0.2) is 18.2 Å². The zero-order valence-electron chi connectivity index (χ0n) is 10.1. The Morgan fingerprint density at radius 3 is 3.00 bits per heavy atom. The molecule has 0 spiro atoms. The lowest BCUT2D eigenvalue weighted by atomic mass is 9.89. The van der Waals surface area contributed by atoms with E-state index in [0.29, 0.717) is 6.61 Å². The van der Waals surface area contributed by atoms with Crippen molar-refractivity contribution in [3.8, 4) is 5.75 Å². The van der Waals surface area contributed by atoms with E-state index in [1.807, 2.05) is 12.1 Å². The monoisotopic (exact) mass is 236 g/mol. The normalized spacial score (nSPS) is 18.8. The standard InChI is InChI=1S/C14H20O3/c15-8-1-2-9-17-12-7-6-11-4-3-5-14(16)13(11)10-12/h6-7,10,14-16H,1-5,8-9H2/t14-/m1/s1. The van der Waals surface area contributed by atoms with E-state index < -0.39 is 0 Å². The van der Waals surface area contributed by atoms with Crippen LogP contribution in [0.5, 0.6) is 5.75 Å². The first-order chi connectivity index (χ1) is 8.31. The molecule has 1 atom stereocenters. The van der Waals surface area contributed by atoms with Gasteiger partial charge in [-0.2, -0.15) is 0 Å². The number of rotatable bonds is 5. The number of benzene rings is 1. The second-order valence-corrected chi connectivity index (χ2v) is 4.55. The summed E-state index contributed by atoms with van der Waals surface area (Å²) in [7, 11) is 0. The topological polar surface area (TPSA) is 49.7 Å². The number of unbranched alkanes of at least 4 members (excludes halogenated alkanes) is 1. The molecule has 0 heterocycles. The molecule has 0 aliphatic heterocycles. The van der Waals surface area contributed by atoms with Gasteiger partial charge in [0, 0.05) is 6.61 Å². The minimum Gasteiger partial charge on any atom is -0.494 e. The summed E-state index contributed by atoms with van der Waals surface area (Å²) in [6, 6.07) is 5.98. The summed E-state index contributed by atoms with van der Waals surface area (Å²) in [5.41, 5.74) is 2.27. The first-order valence-electron chi connectivity index (χ1n) is 6.36. The maximum absolute atomic E-state index is 9.91. The smallest absolute Gasteiger partial charge is 0.119 e. The second kappa shape index (κ2) is 6.03. The van der Waals surface area contributed by atoms with Crippen LogP contribution in [0.3, 0.4) is 0 Å². The van der Waals surface area contributed by atoms with Gasteiger partial charge in [0.25, 0.3) is 0 Å². The van der Waals surface area contributed by atoms with Gasteiger partial charge in [0.1, 0.15) is 5.75 Å². The number of aliphatic hydroxyl groups is 2. The number of hydrogen-bond donors (Lipinski definition) is 2. The molecule has 0 saturated carbocycles. The fraction of sp³-hybridized carbons (Fsp3) is 0.571. The molecular weight excluding hydrogens is 216 g/mol. The van der Waals surface area contributed by atoms with Gasteiger partial charge in [0.15, 0.2) is 0 Å². The minimum atomic E-state index is -0.334. The number of fused-ring (bicyclic) bond motifs is 1. The summed E-state index contributed by atoms with van der Waals surface area (Å²) in [5.74, 6) is 0.822. The average molecular weight is 236 g/mol. The zero-order chi connectivity index (χ0) is 12.1. The second-order valence-electron chi connectivity index (χ2n) is 4.55. The van der Waals surface area contributed by atoms with Crippen molar-refractivity contribution in [3.05, 3.63) is 29.3 Å². The lowest BCUT2D eigenvalue weighted by Gasteiger charge is -2.21. The Hall–Kier alpha value is -1.06. The first kappa shape index (κ1) is 12.4. The Balaban J connectivity index is 1.97. The van der Waals surface area contributed by atoms with Gasteiger partial charge in [-0.1, -0.05) is 6.07 Å². The SMILES string of the molecule is OCCCCOc1ccc2c(c1)[C@H](O)CCC2. The molecule has 2 N–H and O–H groups in total. The number of aryl methyl sites for hydroxylation is 1. The van der Waals surface area contributed by atoms with Gasteiger partial charge in [-0.3, -0.25) is 0 Å². The quantitative estimate of drug-likeness (QED) is 0.771. The van der Waals surface area contributed by atoms with Gasteiger partial charge in [0.2, 0.25) is 0 Å². The Morgan fingerprint density at radius 2 is 2.18 bits per heavy atom. The van der Waals surface area contributed by atoms with Crippen LogP contribution in [0.4, 0.5) is 0 Å². The highest BCUT2D eigenvalue weighted by atomic mass is 16.5. The van der Waals surface area contributed by atoms with Crippen LogP contribution in [0.1, 0.15) is 42.9 Å². The Morgan fingerprint density at radius 1 is 1.29 bits per heavy atom. The van der Waals surface area contributed by atoms with E-state index in [9.17, 15) is 5.11 Å². The fourth-order valence-electron chi connectivity index (χ4n) is 2.25. The highest BCUT2D eigenvalue weighted by Crippen LogP contribution is 2.32. The average Bonchev–Trinajstić information content (AvgIpc) is 2.36. The van der Waals surface area contributed by atoms with Crippen molar-refractivity contribution in [1.82, 2.24) is 0 Å². The van der Waals surface area contributed by atoms with Crippen LogP contribution in [-0.4, -0.2) is 23.4 Å². The van der Waals surface area contributed by atoms with E-state index in [-0.39, 0.29) is 12.7 Å². The molecule has 3 heteroatoms. The van der Waals surface area contributed by atoms with Crippen molar-refractivity contribution in [3.63, 3.8) is 0 Å². The molecule has 1 aromatic rings. The molecule has 1 aliphatic carbocycles.